The Kier molecular flexibility index (Phi) is 5.85. The normalized spacial score (nSPS) is 15.4. The fourth-order valence-electron chi connectivity index (χ4n) is 3.40. The lowest BCUT2D eigenvalue weighted by Crippen LogP contribution is -2.51. The van der Waals surface area contributed by atoms with Crippen LogP contribution in [0.25, 0.3) is 0 Å². The van der Waals surface area contributed by atoms with Crippen LogP contribution in [-0.4, -0.2) is 35.3 Å². The number of hydrogen-bond donors (Lipinski definition) is 0. The van der Waals surface area contributed by atoms with E-state index in [-0.39, 0.29) is 17.6 Å². The fraction of sp³-hybridized carbons (Fsp3) is 0.364. The lowest BCUT2D eigenvalue weighted by Gasteiger charge is -2.36. The van der Waals surface area contributed by atoms with E-state index in [1.807, 2.05) is 30.3 Å². The van der Waals surface area contributed by atoms with Gasteiger partial charge in [-0.1, -0.05) is 41.9 Å². The number of amides is 1. The number of piperidine rings is 1. The molecule has 1 aliphatic heterocycles. The average Bonchev–Trinajstić information content (AvgIpc) is 2.69. The van der Waals surface area contributed by atoms with Gasteiger partial charge in [0.2, 0.25) is 0 Å². The molecule has 0 aliphatic carbocycles. The summed E-state index contributed by atoms with van der Waals surface area (Å²) in [6.07, 6.45) is 1.35. The molecule has 1 fully saturated rings. The van der Waals surface area contributed by atoms with Crippen molar-refractivity contribution in [3.8, 4) is 5.75 Å². The SMILES string of the molecule is CC(C)(Oc1ccc(Cl)cc1)C(=O)N1CCC(C(=O)c2ccccc2)CC1. The molecule has 0 bridgehead atoms. The molecule has 142 valence electrons. The molecule has 4 nitrogen and oxygen atoms in total. The Labute approximate surface area is 165 Å². The second-order valence-electron chi connectivity index (χ2n) is 7.36. The van der Waals surface area contributed by atoms with Crippen LogP contribution in [0.2, 0.25) is 5.02 Å². The first-order valence-electron chi connectivity index (χ1n) is 9.20. The van der Waals surface area contributed by atoms with E-state index in [4.69, 9.17) is 16.3 Å². The number of nitrogens with zero attached hydrogens (tertiary/aromatic N) is 1. The summed E-state index contributed by atoms with van der Waals surface area (Å²) < 4.78 is 5.90. The number of benzene rings is 2. The minimum Gasteiger partial charge on any atom is -0.478 e. The highest BCUT2D eigenvalue weighted by atomic mass is 35.5. The van der Waals surface area contributed by atoms with Gasteiger partial charge in [0, 0.05) is 29.6 Å². The van der Waals surface area contributed by atoms with Crippen LogP contribution < -0.4 is 4.74 Å². The molecule has 0 unspecified atom stereocenters. The topological polar surface area (TPSA) is 46.6 Å². The van der Waals surface area contributed by atoms with Crippen LogP contribution >= 0.6 is 11.6 Å². The molecule has 5 heteroatoms. The molecule has 0 atom stereocenters. The zero-order valence-corrected chi connectivity index (χ0v) is 16.4. The van der Waals surface area contributed by atoms with Crippen molar-refractivity contribution in [2.45, 2.75) is 32.3 Å². The fourth-order valence-corrected chi connectivity index (χ4v) is 3.53. The predicted octanol–water partition coefficient (Wildman–Crippen LogP) is 4.62. The smallest absolute Gasteiger partial charge is 0.266 e. The number of halogens is 1. The molecule has 1 heterocycles. The maximum atomic E-state index is 12.9. The van der Waals surface area contributed by atoms with Crippen molar-refractivity contribution in [3.05, 3.63) is 65.2 Å². The summed E-state index contributed by atoms with van der Waals surface area (Å²) in [7, 11) is 0. The van der Waals surface area contributed by atoms with E-state index in [2.05, 4.69) is 0 Å². The van der Waals surface area contributed by atoms with Gasteiger partial charge in [-0.3, -0.25) is 9.59 Å². The van der Waals surface area contributed by atoms with Crippen molar-refractivity contribution in [2.24, 2.45) is 5.92 Å². The number of likely N-dealkylation sites (tertiary alicyclic amines) is 1. The Bertz CT molecular complexity index is 794. The van der Waals surface area contributed by atoms with Gasteiger partial charge in [-0.15, -0.1) is 0 Å². The standard InChI is InChI=1S/C22H24ClNO3/c1-22(2,27-19-10-8-18(23)9-11-19)21(26)24-14-12-17(13-15-24)20(25)16-6-4-3-5-7-16/h3-11,17H,12-15H2,1-2H3. The van der Waals surface area contributed by atoms with E-state index in [0.29, 0.717) is 36.7 Å². The Morgan fingerprint density at radius 3 is 2.19 bits per heavy atom. The third-order valence-electron chi connectivity index (χ3n) is 4.91. The summed E-state index contributed by atoms with van der Waals surface area (Å²) in [4.78, 5) is 27.3. The lowest BCUT2D eigenvalue weighted by atomic mass is 9.88. The third-order valence-corrected chi connectivity index (χ3v) is 5.16. The lowest BCUT2D eigenvalue weighted by molar-refractivity contribution is -0.146. The predicted molar refractivity (Wildman–Crippen MR) is 106 cm³/mol. The second-order valence-corrected chi connectivity index (χ2v) is 7.80. The second kappa shape index (κ2) is 8.13. The first kappa shape index (κ1) is 19.4. The summed E-state index contributed by atoms with van der Waals surface area (Å²) in [5.41, 5.74) is -0.238. The third kappa shape index (κ3) is 4.69. The summed E-state index contributed by atoms with van der Waals surface area (Å²) in [5, 5.41) is 0.622. The highest BCUT2D eigenvalue weighted by Gasteiger charge is 2.37. The molecule has 1 aliphatic rings. The van der Waals surface area contributed by atoms with Gasteiger partial charge < -0.3 is 9.64 Å². The van der Waals surface area contributed by atoms with Crippen LogP contribution in [0.1, 0.15) is 37.0 Å². The first-order valence-corrected chi connectivity index (χ1v) is 9.58. The van der Waals surface area contributed by atoms with E-state index < -0.39 is 5.60 Å². The van der Waals surface area contributed by atoms with Crippen LogP contribution in [0.15, 0.2) is 54.6 Å². The number of carbonyl (C=O) groups excluding carboxylic acids is 2. The summed E-state index contributed by atoms with van der Waals surface area (Å²) in [6.45, 7) is 4.67. The molecule has 27 heavy (non-hydrogen) atoms. The van der Waals surface area contributed by atoms with Crippen LogP contribution in [0, 0.1) is 5.92 Å². The molecular weight excluding hydrogens is 362 g/mol. The van der Waals surface area contributed by atoms with Gasteiger partial charge >= 0.3 is 0 Å². The Hall–Kier alpha value is -2.33. The molecule has 0 N–H and O–H groups in total. The molecule has 1 amide bonds. The van der Waals surface area contributed by atoms with Crippen LogP contribution in [0.5, 0.6) is 5.75 Å². The van der Waals surface area contributed by atoms with Gasteiger partial charge in [-0.05, 0) is 51.0 Å². The quantitative estimate of drug-likeness (QED) is 0.705. The number of hydrogen-bond acceptors (Lipinski definition) is 3. The zero-order valence-electron chi connectivity index (χ0n) is 15.7. The van der Waals surface area contributed by atoms with Crippen molar-refractivity contribution in [2.75, 3.05) is 13.1 Å². The number of rotatable bonds is 5. The Morgan fingerprint density at radius 2 is 1.59 bits per heavy atom. The summed E-state index contributed by atoms with van der Waals surface area (Å²) in [5.74, 6) is 0.672. The molecule has 0 saturated carbocycles. The maximum Gasteiger partial charge on any atom is 0.266 e. The van der Waals surface area contributed by atoms with Crippen molar-refractivity contribution in [1.82, 2.24) is 4.90 Å². The average molecular weight is 386 g/mol. The number of Topliss-reactive ketones (excluding diaryl/α,β-unsaturated/α-hetero) is 1. The van der Waals surface area contributed by atoms with Gasteiger partial charge in [-0.2, -0.15) is 0 Å². The minimum atomic E-state index is -0.982. The Balaban J connectivity index is 1.58. The van der Waals surface area contributed by atoms with Gasteiger partial charge in [0.1, 0.15) is 5.75 Å². The van der Waals surface area contributed by atoms with E-state index in [1.165, 1.54) is 0 Å². The van der Waals surface area contributed by atoms with E-state index in [9.17, 15) is 9.59 Å². The van der Waals surface area contributed by atoms with E-state index in [1.54, 1.807) is 43.0 Å². The number of ketones is 1. The zero-order chi connectivity index (χ0) is 19.4. The first-order chi connectivity index (χ1) is 12.9. The van der Waals surface area contributed by atoms with Crippen molar-refractivity contribution < 1.29 is 14.3 Å². The van der Waals surface area contributed by atoms with Gasteiger partial charge in [-0.25, -0.2) is 0 Å². The molecule has 0 aromatic heterocycles. The molecule has 3 rings (SSSR count). The number of carbonyl (C=O) groups is 2. The van der Waals surface area contributed by atoms with E-state index in [0.717, 1.165) is 5.56 Å². The van der Waals surface area contributed by atoms with Crippen LogP contribution in [0.4, 0.5) is 0 Å². The molecule has 0 radical (unpaired) electrons. The van der Waals surface area contributed by atoms with Crippen molar-refractivity contribution in [3.63, 3.8) is 0 Å². The molecule has 1 saturated heterocycles. The summed E-state index contributed by atoms with van der Waals surface area (Å²) in [6, 6.07) is 16.3. The number of ether oxygens (including phenoxy) is 1. The largest absolute Gasteiger partial charge is 0.478 e. The van der Waals surface area contributed by atoms with Crippen LogP contribution in [-0.2, 0) is 4.79 Å². The maximum absolute atomic E-state index is 12.9. The molecular formula is C22H24ClNO3. The highest BCUT2D eigenvalue weighted by Crippen LogP contribution is 2.26. The monoisotopic (exact) mass is 385 g/mol. The highest BCUT2D eigenvalue weighted by molar-refractivity contribution is 6.30. The van der Waals surface area contributed by atoms with Crippen molar-refractivity contribution in [1.29, 1.82) is 0 Å². The molecule has 0 spiro atoms. The minimum absolute atomic E-state index is 0.0308. The Morgan fingerprint density at radius 1 is 1.00 bits per heavy atom. The van der Waals surface area contributed by atoms with Crippen molar-refractivity contribution >= 4 is 23.3 Å². The van der Waals surface area contributed by atoms with Gasteiger partial charge in [0.05, 0.1) is 0 Å². The van der Waals surface area contributed by atoms with Gasteiger partial charge in [0.15, 0.2) is 11.4 Å². The van der Waals surface area contributed by atoms with Gasteiger partial charge in [0.25, 0.3) is 5.91 Å². The molecule has 2 aromatic rings. The molecule has 2 aromatic carbocycles. The summed E-state index contributed by atoms with van der Waals surface area (Å²) >= 11 is 5.89. The van der Waals surface area contributed by atoms with E-state index >= 15 is 0 Å². The van der Waals surface area contributed by atoms with Crippen LogP contribution in [0.3, 0.4) is 0 Å².